The first-order valence-electron chi connectivity index (χ1n) is 4.93. The van der Waals surface area contributed by atoms with Crippen molar-refractivity contribution in [3.8, 4) is 11.8 Å². The number of hydrogen-bond donors (Lipinski definition) is 1. The van der Waals surface area contributed by atoms with E-state index < -0.39 is 0 Å². The van der Waals surface area contributed by atoms with E-state index in [0.29, 0.717) is 0 Å². The Kier molecular flexibility index (Phi) is 3.73. The quantitative estimate of drug-likeness (QED) is 0.711. The maximum absolute atomic E-state index is 5.57. The molecule has 0 aromatic carbocycles. The minimum atomic E-state index is -0.0790. The minimum absolute atomic E-state index is 0.0790. The van der Waals surface area contributed by atoms with Crippen LogP contribution in [0.15, 0.2) is 6.20 Å². The first-order valence-corrected chi connectivity index (χ1v) is 4.93. The number of aromatic nitrogens is 2. The fourth-order valence-corrected chi connectivity index (χ4v) is 1.25. The predicted octanol–water partition coefficient (Wildman–Crippen LogP) is 1.07. The van der Waals surface area contributed by atoms with Crippen LogP contribution < -0.4 is 5.73 Å². The van der Waals surface area contributed by atoms with Crippen LogP contribution in [0.1, 0.15) is 31.5 Å². The average molecular weight is 191 g/mol. The zero-order chi connectivity index (χ0) is 10.6. The van der Waals surface area contributed by atoms with Gasteiger partial charge in [0.15, 0.2) is 0 Å². The van der Waals surface area contributed by atoms with Crippen LogP contribution in [0.4, 0.5) is 0 Å². The van der Waals surface area contributed by atoms with Gasteiger partial charge in [-0.15, -0.1) is 0 Å². The van der Waals surface area contributed by atoms with Crippen molar-refractivity contribution in [2.45, 2.75) is 32.7 Å². The largest absolute Gasteiger partial charge is 0.318 e. The summed E-state index contributed by atoms with van der Waals surface area (Å²) in [5, 5.41) is 4.35. The maximum atomic E-state index is 5.57. The molecule has 0 aliphatic heterocycles. The second kappa shape index (κ2) is 4.83. The Morgan fingerprint density at radius 3 is 2.93 bits per heavy atom. The molecule has 14 heavy (non-hydrogen) atoms. The molecule has 2 N–H and O–H groups in total. The van der Waals surface area contributed by atoms with Crippen LogP contribution in [0, 0.1) is 11.8 Å². The Bertz CT molecular complexity index is 352. The van der Waals surface area contributed by atoms with Gasteiger partial charge in [-0.05, 0) is 13.3 Å². The third-order valence-corrected chi connectivity index (χ3v) is 1.83. The van der Waals surface area contributed by atoms with Gasteiger partial charge in [-0.3, -0.25) is 4.68 Å². The molecule has 0 spiro atoms. The molecule has 0 bridgehead atoms. The fourth-order valence-electron chi connectivity index (χ4n) is 1.25. The summed E-state index contributed by atoms with van der Waals surface area (Å²) in [7, 11) is 1.91. The van der Waals surface area contributed by atoms with Gasteiger partial charge in [0, 0.05) is 13.2 Å². The van der Waals surface area contributed by atoms with Gasteiger partial charge in [-0.25, -0.2) is 0 Å². The van der Waals surface area contributed by atoms with E-state index in [1.807, 2.05) is 20.2 Å². The lowest BCUT2D eigenvalue weighted by Crippen LogP contribution is -2.10. The van der Waals surface area contributed by atoms with Crippen LogP contribution in [0.25, 0.3) is 0 Å². The number of aryl methyl sites for hydroxylation is 2. The van der Waals surface area contributed by atoms with E-state index >= 15 is 0 Å². The van der Waals surface area contributed by atoms with E-state index in [2.05, 4.69) is 23.9 Å². The van der Waals surface area contributed by atoms with E-state index in [1.165, 1.54) is 0 Å². The summed E-state index contributed by atoms with van der Waals surface area (Å²) >= 11 is 0. The second-order valence-electron chi connectivity index (χ2n) is 3.47. The normalized spacial score (nSPS) is 12.0. The molecular weight excluding hydrogens is 174 g/mol. The number of rotatable bonds is 2. The van der Waals surface area contributed by atoms with Crippen molar-refractivity contribution in [2.24, 2.45) is 12.8 Å². The SMILES string of the molecule is CCCc1nn(C)cc1C#CC(C)N. The smallest absolute Gasteiger partial charge is 0.0780 e. The van der Waals surface area contributed by atoms with Crippen LogP contribution in [0.3, 0.4) is 0 Å². The molecule has 1 rings (SSSR count). The van der Waals surface area contributed by atoms with Gasteiger partial charge >= 0.3 is 0 Å². The second-order valence-corrected chi connectivity index (χ2v) is 3.47. The van der Waals surface area contributed by atoms with Gasteiger partial charge in [-0.1, -0.05) is 25.2 Å². The molecule has 1 unspecified atom stereocenters. The molecule has 0 fully saturated rings. The Labute approximate surface area is 85.3 Å². The minimum Gasteiger partial charge on any atom is -0.318 e. The standard InChI is InChI=1S/C11H17N3/c1-4-5-11-10(7-6-9(2)12)8-14(3)13-11/h8-9H,4-5,12H2,1-3H3. The molecule has 0 saturated carbocycles. The van der Waals surface area contributed by atoms with Crippen molar-refractivity contribution in [1.82, 2.24) is 9.78 Å². The highest BCUT2D eigenvalue weighted by molar-refractivity contribution is 5.37. The monoisotopic (exact) mass is 191 g/mol. The number of nitrogens with two attached hydrogens (primary N) is 1. The highest BCUT2D eigenvalue weighted by Crippen LogP contribution is 2.06. The van der Waals surface area contributed by atoms with Crippen LogP contribution in [-0.4, -0.2) is 15.8 Å². The van der Waals surface area contributed by atoms with Crippen molar-refractivity contribution in [1.29, 1.82) is 0 Å². The first kappa shape index (κ1) is 10.8. The zero-order valence-corrected chi connectivity index (χ0v) is 9.04. The predicted molar refractivity (Wildman–Crippen MR) is 57.7 cm³/mol. The van der Waals surface area contributed by atoms with Gasteiger partial charge in [0.2, 0.25) is 0 Å². The third kappa shape index (κ3) is 2.90. The molecular formula is C11H17N3. The fraction of sp³-hybridized carbons (Fsp3) is 0.545. The summed E-state index contributed by atoms with van der Waals surface area (Å²) < 4.78 is 1.80. The van der Waals surface area contributed by atoms with E-state index in [9.17, 15) is 0 Å². The highest BCUT2D eigenvalue weighted by Gasteiger charge is 2.03. The van der Waals surface area contributed by atoms with Gasteiger partial charge in [-0.2, -0.15) is 5.10 Å². The van der Waals surface area contributed by atoms with Crippen molar-refractivity contribution < 1.29 is 0 Å². The molecule has 3 heteroatoms. The summed E-state index contributed by atoms with van der Waals surface area (Å²) in [6, 6.07) is -0.0790. The van der Waals surface area contributed by atoms with Crippen molar-refractivity contribution in [2.75, 3.05) is 0 Å². The van der Waals surface area contributed by atoms with E-state index in [0.717, 1.165) is 24.1 Å². The van der Waals surface area contributed by atoms with Gasteiger partial charge < -0.3 is 5.73 Å². The molecule has 1 aromatic rings. The average Bonchev–Trinajstić information content (AvgIpc) is 2.44. The molecule has 76 valence electrons. The van der Waals surface area contributed by atoms with Crippen LogP contribution in [0.2, 0.25) is 0 Å². The summed E-state index contributed by atoms with van der Waals surface area (Å²) in [5.74, 6) is 6.01. The van der Waals surface area contributed by atoms with E-state index in [4.69, 9.17) is 5.73 Å². The van der Waals surface area contributed by atoms with Gasteiger partial charge in [0.1, 0.15) is 0 Å². The molecule has 3 nitrogen and oxygen atoms in total. The molecule has 1 aromatic heterocycles. The molecule has 0 aliphatic carbocycles. The lowest BCUT2D eigenvalue weighted by molar-refractivity contribution is 0.733. The van der Waals surface area contributed by atoms with Crippen LogP contribution in [0.5, 0.6) is 0 Å². The third-order valence-electron chi connectivity index (χ3n) is 1.83. The Balaban J connectivity index is 2.91. The zero-order valence-electron chi connectivity index (χ0n) is 9.04. The maximum Gasteiger partial charge on any atom is 0.0780 e. The summed E-state index contributed by atoms with van der Waals surface area (Å²) in [5.41, 5.74) is 7.65. The van der Waals surface area contributed by atoms with Gasteiger partial charge in [0.25, 0.3) is 0 Å². The Morgan fingerprint density at radius 1 is 1.64 bits per heavy atom. The molecule has 0 saturated heterocycles. The Morgan fingerprint density at radius 2 is 2.36 bits per heavy atom. The van der Waals surface area contributed by atoms with Crippen molar-refractivity contribution in [3.05, 3.63) is 17.5 Å². The lowest BCUT2D eigenvalue weighted by Gasteiger charge is -1.92. The number of nitrogens with zero attached hydrogens (tertiary/aromatic N) is 2. The molecule has 0 radical (unpaired) electrons. The lowest BCUT2D eigenvalue weighted by atomic mass is 10.1. The van der Waals surface area contributed by atoms with E-state index in [1.54, 1.807) is 4.68 Å². The van der Waals surface area contributed by atoms with Crippen LogP contribution >= 0.6 is 0 Å². The van der Waals surface area contributed by atoms with Gasteiger partial charge in [0.05, 0.1) is 17.3 Å². The molecule has 1 heterocycles. The highest BCUT2D eigenvalue weighted by atomic mass is 15.2. The molecule has 0 aliphatic rings. The summed E-state index contributed by atoms with van der Waals surface area (Å²) in [6.45, 7) is 4.01. The Hall–Kier alpha value is -1.27. The topological polar surface area (TPSA) is 43.8 Å². The molecule has 0 amide bonds. The first-order chi connectivity index (χ1) is 6.63. The van der Waals surface area contributed by atoms with Crippen molar-refractivity contribution in [3.63, 3.8) is 0 Å². The molecule has 1 atom stereocenters. The summed E-state index contributed by atoms with van der Waals surface area (Å²) in [6.07, 6.45) is 4.01. The van der Waals surface area contributed by atoms with Crippen LogP contribution in [-0.2, 0) is 13.5 Å². The van der Waals surface area contributed by atoms with Crippen molar-refractivity contribution >= 4 is 0 Å². The summed E-state index contributed by atoms with van der Waals surface area (Å²) in [4.78, 5) is 0. The van der Waals surface area contributed by atoms with E-state index in [-0.39, 0.29) is 6.04 Å². The number of hydrogen-bond acceptors (Lipinski definition) is 2.